The van der Waals surface area contributed by atoms with Crippen LogP contribution in [-0.2, 0) is 22.7 Å². The van der Waals surface area contributed by atoms with E-state index in [0.717, 1.165) is 39.6 Å². The summed E-state index contributed by atoms with van der Waals surface area (Å²) in [6, 6.07) is 17.7. The van der Waals surface area contributed by atoms with Crippen LogP contribution < -0.4 is 0 Å². The lowest BCUT2D eigenvalue weighted by Crippen LogP contribution is -2.28. The Hall–Kier alpha value is -1.72. The predicted octanol–water partition coefficient (Wildman–Crippen LogP) is 11.2. The molecule has 44 heavy (non-hydrogen) atoms. The zero-order valence-corrected chi connectivity index (χ0v) is 29.3. The number of hydrogen-bond donors (Lipinski definition) is 0. The summed E-state index contributed by atoms with van der Waals surface area (Å²) < 4.78 is 12.5. The van der Waals surface area contributed by atoms with Crippen molar-refractivity contribution in [1.82, 2.24) is 9.80 Å². The summed E-state index contributed by atoms with van der Waals surface area (Å²) in [6.07, 6.45) is 20.9. The third-order valence-electron chi connectivity index (χ3n) is 8.58. The van der Waals surface area contributed by atoms with Crippen LogP contribution in [0.5, 0.6) is 0 Å². The number of nitrogens with zero attached hydrogens (tertiary/aromatic N) is 2. The Kier molecular flexibility index (Phi) is 23.2. The van der Waals surface area contributed by atoms with Crippen LogP contribution in [0.4, 0.5) is 0 Å². The molecule has 0 fully saturated rings. The highest BCUT2D eigenvalue weighted by molar-refractivity contribution is 5.64. The van der Waals surface area contributed by atoms with Crippen molar-refractivity contribution in [1.29, 1.82) is 0 Å². The predicted molar refractivity (Wildman–Crippen MR) is 191 cm³/mol. The molecule has 0 aromatic heterocycles. The summed E-state index contributed by atoms with van der Waals surface area (Å²) in [5.74, 6) is 0. The molecule has 0 bridgehead atoms. The summed E-state index contributed by atoms with van der Waals surface area (Å²) in [5, 5.41) is 0. The van der Waals surface area contributed by atoms with Crippen LogP contribution in [0.15, 0.2) is 48.5 Å². The molecule has 0 amide bonds. The Labute approximate surface area is 272 Å². The van der Waals surface area contributed by atoms with E-state index in [1.54, 1.807) is 0 Å². The van der Waals surface area contributed by atoms with Gasteiger partial charge in [-0.05, 0) is 60.1 Å². The molecule has 0 aliphatic heterocycles. The first-order valence-electron chi connectivity index (χ1n) is 18.5. The maximum absolute atomic E-state index is 6.27. The van der Waals surface area contributed by atoms with E-state index < -0.39 is 0 Å². The lowest BCUT2D eigenvalue weighted by atomic mass is 10.0. The smallest absolute Gasteiger partial charge is 0.0994 e. The average molecular weight is 609 g/mol. The lowest BCUT2D eigenvalue weighted by molar-refractivity contribution is 0.0168. The molecule has 2 aromatic carbocycles. The molecule has 0 spiro atoms. The van der Waals surface area contributed by atoms with Gasteiger partial charge >= 0.3 is 0 Å². The second kappa shape index (κ2) is 26.5. The zero-order chi connectivity index (χ0) is 31.5. The normalized spacial score (nSPS) is 11.7. The van der Waals surface area contributed by atoms with Crippen LogP contribution in [0.1, 0.15) is 142 Å². The highest BCUT2D eigenvalue weighted by Gasteiger charge is 2.08. The standard InChI is InChI=1S/C40H68N2O2/c1-5-9-13-17-27-41(28-18-14-10-6-2)35-43-33-37-23-21-25-39(31-37)40-26-22-24-38(32-40)34-44-36-42(29-19-15-11-7-3)30-20-16-12-8-4/h21-26,31-32H,5-20,27-30,33-36H2,1-4H3. The molecular weight excluding hydrogens is 540 g/mol. The van der Waals surface area contributed by atoms with Crippen LogP contribution in [0.2, 0.25) is 0 Å². The van der Waals surface area contributed by atoms with Gasteiger partial charge in [-0.1, -0.05) is 141 Å². The van der Waals surface area contributed by atoms with Gasteiger partial charge in [0.25, 0.3) is 0 Å². The second-order valence-corrected chi connectivity index (χ2v) is 12.8. The minimum atomic E-state index is 0.656. The largest absolute Gasteiger partial charge is 0.361 e. The van der Waals surface area contributed by atoms with Crippen LogP contribution >= 0.6 is 0 Å². The monoisotopic (exact) mass is 609 g/mol. The van der Waals surface area contributed by atoms with Crippen molar-refractivity contribution in [2.75, 3.05) is 39.6 Å². The van der Waals surface area contributed by atoms with Gasteiger partial charge < -0.3 is 9.47 Å². The van der Waals surface area contributed by atoms with Crippen LogP contribution in [0.25, 0.3) is 11.1 Å². The Bertz CT molecular complexity index is 834. The van der Waals surface area contributed by atoms with Gasteiger partial charge in [0.1, 0.15) is 0 Å². The van der Waals surface area contributed by atoms with E-state index in [2.05, 4.69) is 86.0 Å². The van der Waals surface area contributed by atoms with E-state index >= 15 is 0 Å². The van der Waals surface area contributed by atoms with E-state index in [4.69, 9.17) is 9.47 Å². The van der Waals surface area contributed by atoms with Crippen molar-refractivity contribution in [2.45, 2.75) is 144 Å². The fraction of sp³-hybridized carbons (Fsp3) is 0.700. The highest BCUT2D eigenvalue weighted by Crippen LogP contribution is 2.23. The summed E-state index contributed by atoms with van der Waals surface area (Å²) in [6.45, 7) is 16.5. The molecule has 2 aromatic rings. The molecule has 4 heteroatoms. The van der Waals surface area contributed by atoms with Gasteiger partial charge in [0.05, 0.1) is 26.7 Å². The summed E-state index contributed by atoms with van der Waals surface area (Å²) in [7, 11) is 0. The quantitative estimate of drug-likeness (QED) is 0.0677. The molecule has 0 saturated heterocycles. The number of unbranched alkanes of at least 4 members (excludes halogenated alkanes) is 12. The average Bonchev–Trinajstić information content (AvgIpc) is 3.05. The molecule has 0 aliphatic rings. The van der Waals surface area contributed by atoms with Crippen molar-refractivity contribution in [3.05, 3.63) is 59.7 Å². The van der Waals surface area contributed by atoms with Gasteiger partial charge in [-0.3, -0.25) is 9.80 Å². The SMILES string of the molecule is CCCCCCN(CCCCCC)COCc1cccc(-c2cccc(COCN(CCCCCC)CCCCCC)c2)c1. The number of benzene rings is 2. The van der Waals surface area contributed by atoms with Gasteiger partial charge in [-0.15, -0.1) is 0 Å². The topological polar surface area (TPSA) is 24.9 Å². The van der Waals surface area contributed by atoms with Crippen molar-refractivity contribution in [2.24, 2.45) is 0 Å². The second-order valence-electron chi connectivity index (χ2n) is 12.8. The molecule has 0 heterocycles. The Morgan fingerprint density at radius 1 is 0.432 bits per heavy atom. The summed E-state index contributed by atoms with van der Waals surface area (Å²) >= 11 is 0. The molecule has 0 atom stereocenters. The third-order valence-corrected chi connectivity index (χ3v) is 8.58. The van der Waals surface area contributed by atoms with Gasteiger partial charge in [-0.2, -0.15) is 0 Å². The van der Waals surface area contributed by atoms with Crippen molar-refractivity contribution < 1.29 is 9.47 Å². The maximum Gasteiger partial charge on any atom is 0.0994 e. The highest BCUT2D eigenvalue weighted by atomic mass is 16.5. The number of rotatable bonds is 29. The van der Waals surface area contributed by atoms with Crippen LogP contribution in [0, 0.1) is 0 Å². The molecule has 4 nitrogen and oxygen atoms in total. The number of hydrogen-bond acceptors (Lipinski definition) is 4. The number of ether oxygens (including phenoxy) is 2. The maximum atomic E-state index is 6.27. The van der Waals surface area contributed by atoms with Crippen molar-refractivity contribution in [3.8, 4) is 11.1 Å². The van der Waals surface area contributed by atoms with Crippen molar-refractivity contribution >= 4 is 0 Å². The molecule has 0 radical (unpaired) electrons. The van der Waals surface area contributed by atoms with Crippen LogP contribution in [-0.4, -0.2) is 49.4 Å². The van der Waals surface area contributed by atoms with E-state index in [1.165, 1.54) is 125 Å². The molecule has 0 unspecified atom stereocenters. The Morgan fingerprint density at radius 3 is 1.09 bits per heavy atom. The Balaban J connectivity index is 1.87. The Morgan fingerprint density at radius 2 is 0.773 bits per heavy atom. The fourth-order valence-corrected chi connectivity index (χ4v) is 5.80. The minimum absolute atomic E-state index is 0.656. The van der Waals surface area contributed by atoms with E-state index in [0.29, 0.717) is 13.2 Å². The van der Waals surface area contributed by atoms with E-state index in [1.807, 2.05) is 0 Å². The van der Waals surface area contributed by atoms with Gasteiger partial charge in [0.15, 0.2) is 0 Å². The molecule has 250 valence electrons. The lowest BCUT2D eigenvalue weighted by Gasteiger charge is -2.22. The first-order valence-corrected chi connectivity index (χ1v) is 18.5. The van der Waals surface area contributed by atoms with E-state index in [9.17, 15) is 0 Å². The molecule has 0 saturated carbocycles. The molecule has 0 N–H and O–H groups in total. The minimum Gasteiger partial charge on any atom is -0.361 e. The van der Waals surface area contributed by atoms with Gasteiger partial charge in [0.2, 0.25) is 0 Å². The summed E-state index contributed by atoms with van der Waals surface area (Å²) in [4.78, 5) is 5.05. The van der Waals surface area contributed by atoms with Crippen LogP contribution in [0.3, 0.4) is 0 Å². The molecule has 2 rings (SSSR count). The summed E-state index contributed by atoms with van der Waals surface area (Å²) in [5.41, 5.74) is 4.97. The zero-order valence-electron chi connectivity index (χ0n) is 29.3. The first kappa shape index (κ1) is 38.5. The van der Waals surface area contributed by atoms with E-state index in [-0.39, 0.29) is 0 Å². The molecular formula is C40H68N2O2. The molecule has 0 aliphatic carbocycles. The van der Waals surface area contributed by atoms with Crippen molar-refractivity contribution in [3.63, 3.8) is 0 Å². The first-order chi connectivity index (χ1) is 21.7. The fourth-order valence-electron chi connectivity index (χ4n) is 5.80. The third kappa shape index (κ3) is 18.3. The van der Waals surface area contributed by atoms with Gasteiger partial charge in [0, 0.05) is 26.2 Å². The van der Waals surface area contributed by atoms with Gasteiger partial charge in [-0.25, -0.2) is 0 Å².